The van der Waals surface area contributed by atoms with Crippen molar-refractivity contribution in [3.63, 3.8) is 0 Å². The van der Waals surface area contributed by atoms with E-state index < -0.39 is 11.9 Å². The Bertz CT molecular complexity index is 574. The molecule has 1 aromatic rings. The molecule has 4 amide bonds. The van der Waals surface area contributed by atoms with E-state index in [0.717, 1.165) is 12.1 Å². The third-order valence-corrected chi connectivity index (χ3v) is 3.30. The van der Waals surface area contributed by atoms with Crippen LogP contribution in [0.4, 0.5) is 16.2 Å². The lowest BCUT2D eigenvalue weighted by Crippen LogP contribution is -2.41. The van der Waals surface area contributed by atoms with Gasteiger partial charge in [-0.1, -0.05) is 12.1 Å². The van der Waals surface area contributed by atoms with Gasteiger partial charge in [0.15, 0.2) is 0 Å². The molecule has 0 radical (unpaired) electrons. The van der Waals surface area contributed by atoms with E-state index >= 15 is 0 Å². The topological polar surface area (TPSA) is 90.5 Å². The molecule has 0 spiro atoms. The van der Waals surface area contributed by atoms with Gasteiger partial charge in [0.1, 0.15) is 0 Å². The van der Waals surface area contributed by atoms with Crippen molar-refractivity contribution in [2.75, 3.05) is 29.9 Å². The average Bonchev–Trinajstić information content (AvgIpc) is 2.91. The summed E-state index contributed by atoms with van der Waals surface area (Å²) >= 11 is 0. The van der Waals surface area contributed by atoms with Crippen LogP contribution >= 0.6 is 0 Å². The molecule has 1 heterocycles. The molecule has 3 N–H and O–H groups in total. The molecule has 7 heteroatoms. The third kappa shape index (κ3) is 3.97. The molecule has 1 saturated heterocycles. The molecule has 0 bridgehead atoms. The zero-order valence-electron chi connectivity index (χ0n) is 12.5. The number of nitrogens with zero attached hydrogens (tertiary/aromatic N) is 1. The number of hydrogen-bond donors (Lipinski definition) is 3. The van der Waals surface area contributed by atoms with Crippen LogP contribution < -0.4 is 20.9 Å². The van der Waals surface area contributed by atoms with Gasteiger partial charge < -0.3 is 15.5 Å². The summed E-state index contributed by atoms with van der Waals surface area (Å²) in [5.74, 6) is -0.352. The second kappa shape index (κ2) is 7.44. The predicted molar refractivity (Wildman–Crippen MR) is 83.7 cm³/mol. The normalized spacial score (nSPS) is 13.9. The number of rotatable bonds is 5. The molecule has 118 valence electrons. The number of amides is 4. The first-order chi connectivity index (χ1) is 10.6. The first-order valence-corrected chi connectivity index (χ1v) is 7.32. The second-order valence-electron chi connectivity index (χ2n) is 4.93. The van der Waals surface area contributed by atoms with Crippen LogP contribution in [0.15, 0.2) is 24.3 Å². The van der Waals surface area contributed by atoms with Gasteiger partial charge in [-0.25, -0.2) is 4.79 Å². The van der Waals surface area contributed by atoms with E-state index in [1.165, 1.54) is 0 Å². The maximum absolute atomic E-state index is 11.8. The maximum Gasteiger partial charge on any atom is 0.321 e. The first kappa shape index (κ1) is 15.8. The highest BCUT2D eigenvalue weighted by Crippen LogP contribution is 2.29. The van der Waals surface area contributed by atoms with E-state index in [9.17, 15) is 14.4 Å². The van der Waals surface area contributed by atoms with Gasteiger partial charge in [0.25, 0.3) is 0 Å². The van der Waals surface area contributed by atoms with Crippen LogP contribution in [0.25, 0.3) is 0 Å². The third-order valence-electron chi connectivity index (χ3n) is 3.30. The Morgan fingerprint density at radius 2 is 2.05 bits per heavy atom. The minimum absolute atomic E-state index is 0.0455. The van der Waals surface area contributed by atoms with Gasteiger partial charge >= 0.3 is 6.03 Å². The molecule has 0 unspecified atom stereocenters. The fraction of sp³-hybridized carbons (Fsp3) is 0.400. The van der Waals surface area contributed by atoms with Crippen LogP contribution in [0.5, 0.6) is 0 Å². The standard InChI is InChI=1S/C15H20N4O3/c1-2-16-15(22)18-13(20)10-17-11-6-3-4-7-12(11)19-9-5-8-14(19)21/h3-4,6-7,17H,2,5,8-10H2,1H3,(H2,16,18,20,22). The Morgan fingerprint density at radius 1 is 1.27 bits per heavy atom. The lowest BCUT2D eigenvalue weighted by molar-refractivity contribution is -0.118. The van der Waals surface area contributed by atoms with Crippen LogP contribution in [0.1, 0.15) is 19.8 Å². The van der Waals surface area contributed by atoms with Gasteiger partial charge in [0.05, 0.1) is 17.9 Å². The predicted octanol–water partition coefficient (Wildman–Crippen LogP) is 1.07. The first-order valence-electron chi connectivity index (χ1n) is 7.32. The molecule has 1 aliphatic heterocycles. The Balaban J connectivity index is 1.97. The highest BCUT2D eigenvalue weighted by atomic mass is 16.2. The molecular weight excluding hydrogens is 284 g/mol. The average molecular weight is 304 g/mol. The maximum atomic E-state index is 11.8. The van der Waals surface area contributed by atoms with Crippen LogP contribution in [0.2, 0.25) is 0 Å². The summed E-state index contributed by atoms with van der Waals surface area (Å²) in [6.07, 6.45) is 1.39. The summed E-state index contributed by atoms with van der Waals surface area (Å²) < 4.78 is 0. The van der Waals surface area contributed by atoms with Crippen LogP contribution in [-0.2, 0) is 9.59 Å². The minimum Gasteiger partial charge on any atom is -0.374 e. The molecule has 0 aromatic heterocycles. The number of carbonyl (C=O) groups is 3. The number of imide groups is 1. The molecule has 1 aliphatic rings. The quantitative estimate of drug-likeness (QED) is 0.759. The number of para-hydroxylation sites is 2. The summed E-state index contributed by atoms with van der Waals surface area (Å²) in [6, 6.07) is 6.81. The molecule has 1 fully saturated rings. The van der Waals surface area contributed by atoms with Gasteiger partial charge in [0, 0.05) is 19.5 Å². The van der Waals surface area contributed by atoms with E-state index in [4.69, 9.17) is 0 Å². The molecular formula is C15H20N4O3. The van der Waals surface area contributed by atoms with Crippen molar-refractivity contribution in [2.24, 2.45) is 0 Å². The lowest BCUT2D eigenvalue weighted by Gasteiger charge is -2.20. The summed E-state index contributed by atoms with van der Waals surface area (Å²) in [5, 5.41) is 7.67. The van der Waals surface area contributed by atoms with Gasteiger partial charge in [0.2, 0.25) is 11.8 Å². The van der Waals surface area contributed by atoms with Crippen molar-refractivity contribution in [3.05, 3.63) is 24.3 Å². The fourth-order valence-electron chi connectivity index (χ4n) is 2.31. The molecule has 2 rings (SSSR count). The fourth-order valence-corrected chi connectivity index (χ4v) is 2.31. The van der Waals surface area contributed by atoms with Crippen molar-refractivity contribution in [1.82, 2.24) is 10.6 Å². The van der Waals surface area contributed by atoms with Crippen molar-refractivity contribution in [1.29, 1.82) is 0 Å². The number of nitrogens with one attached hydrogen (secondary N) is 3. The summed E-state index contributed by atoms with van der Waals surface area (Å²) in [4.78, 5) is 36.5. The number of carbonyl (C=O) groups excluding carboxylic acids is 3. The molecule has 0 saturated carbocycles. The Morgan fingerprint density at radius 3 is 2.73 bits per heavy atom. The van der Waals surface area contributed by atoms with Gasteiger partial charge in [-0.2, -0.15) is 0 Å². The van der Waals surface area contributed by atoms with Crippen molar-refractivity contribution < 1.29 is 14.4 Å². The van der Waals surface area contributed by atoms with E-state index in [2.05, 4.69) is 16.0 Å². The second-order valence-corrected chi connectivity index (χ2v) is 4.93. The zero-order valence-corrected chi connectivity index (χ0v) is 12.5. The van der Waals surface area contributed by atoms with Crippen molar-refractivity contribution >= 4 is 29.2 Å². The molecule has 7 nitrogen and oxygen atoms in total. The lowest BCUT2D eigenvalue weighted by atomic mass is 10.2. The monoisotopic (exact) mass is 304 g/mol. The highest BCUT2D eigenvalue weighted by Gasteiger charge is 2.23. The van der Waals surface area contributed by atoms with Gasteiger partial charge in [-0.15, -0.1) is 0 Å². The molecule has 22 heavy (non-hydrogen) atoms. The highest BCUT2D eigenvalue weighted by molar-refractivity contribution is 5.99. The smallest absolute Gasteiger partial charge is 0.321 e. The number of hydrogen-bond acceptors (Lipinski definition) is 4. The summed E-state index contributed by atoms with van der Waals surface area (Å²) in [5.41, 5.74) is 1.46. The molecule has 0 atom stereocenters. The number of benzene rings is 1. The van der Waals surface area contributed by atoms with Gasteiger partial charge in [-0.05, 0) is 25.5 Å². The Hall–Kier alpha value is -2.57. The van der Waals surface area contributed by atoms with Crippen LogP contribution in [-0.4, -0.2) is 37.5 Å². The number of urea groups is 1. The molecule has 0 aliphatic carbocycles. The van der Waals surface area contributed by atoms with Crippen molar-refractivity contribution in [2.45, 2.75) is 19.8 Å². The summed E-state index contributed by atoms with van der Waals surface area (Å²) in [7, 11) is 0. The number of anilines is 2. The SMILES string of the molecule is CCNC(=O)NC(=O)CNc1ccccc1N1CCCC1=O. The molecule has 1 aromatic carbocycles. The summed E-state index contributed by atoms with van der Waals surface area (Å²) in [6.45, 7) is 2.86. The minimum atomic E-state index is -0.516. The zero-order chi connectivity index (χ0) is 15.9. The van der Waals surface area contributed by atoms with E-state index in [1.54, 1.807) is 17.9 Å². The van der Waals surface area contributed by atoms with Crippen LogP contribution in [0, 0.1) is 0 Å². The largest absolute Gasteiger partial charge is 0.374 e. The van der Waals surface area contributed by atoms with Crippen LogP contribution in [0.3, 0.4) is 0 Å². The van der Waals surface area contributed by atoms with Crippen molar-refractivity contribution in [3.8, 4) is 0 Å². The van der Waals surface area contributed by atoms with E-state index in [-0.39, 0.29) is 12.5 Å². The van der Waals surface area contributed by atoms with Gasteiger partial charge in [-0.3, -0.25) is 14.9 Å². The van der Waals surface area contributed by atoms with E-state index in [0.29, 0.717) is 25.2 Å². The Kier molecular flexibility index (Phi) is 5.35. The van der Waals surface area contributed by atoms with E-state index in [1.807, 2.05) is 18.2 Å². The Labute approximate surface area is 129 Å².